The molecular weight excluding hydrogens is 190 g/mol. The van der Waals surface area contributed by atoms with Crippen molar-refractivity contribution in [2.45, 2.75) is 0 Å². The second-order valence-electron chi connectivity index (χ2n) is 3.44. The van der Waals surface area contributed by atoms with Crippen LogP contribution in [0.3, 0.4) is 0 Å². The van der Waals surface area contributed by atoms with Crippen molar-refractivity contribution in [1.82, 2.24) is 25.2 Å². The number of tetrazole rings is 1. The fraction of sp³-hybridized carbons (Fsp3) is 0.100. The number of hydrogen-bond donors (Lipinski definition) is 1. The molecule has 0 saturated heterocycles. The molecule has 3 aromatic rings. The van der Waals surface area contributed by atoms with Crippen molar-refractivity contribution in [1.29, 1.82) is 0 Å². The highest BCUT2D eigenvalue weighted by Crippen LogP contribution is 2.21. The van der Waals surface area contributed by atoms with Gasteiger partial charge in [0.1, 0.15) is 0 Å². The Balaban J connectivity index is 2.25. The maximum Gasteiger partial charge on any atom is 0.204 e. The summed E-state index contributed by atoms with van der Waals surface area (Å²) in [5.41, 5.74) is 2.13. The van der Waals surface area contributed by atoms with Gasteiger partial charge in [0.05, 0.1) is 0 Å². The third kappa shape index (κ3) is 1.20. The molecule has 0 amide bonds. The van der Waals surface area contributed by atoms with Gasteiger partial charge in [0.25, 0.3) is 0 Å². The van der Waals surface area contributed by atoms with E-state index >= 15 is 0 Å². The van der Waals surface area contributed by atoms with Gasteiger partial charge in [-0.25, -0.2) is 0 Å². The molecule has 0 spiro atoms. The lowest BCUT2D eigenvalue weighted by atomic mass is 10.1. The molecule has 15 heavy (non-hydrogen) atoms. The molecule has 0 radical (unpaired) electrons. The van der Waals surface area contributed by atoms with Crippen LogP contribution in [0.4, 0.5) is 0 Å². The maximum atomic E-state index is 3.95. The van der Waals surface area contributed by atoms with E-state index in [9.17, 15) is 0 Å². The number of nitrogens with zero attached hydrogens (tertiary/aromatic N) is 4. The molecule has 0 unspecified atom stereocenters. The molecule has 74 valence electrons. The molecule has 0 bridgehead atoms. The number of benzene rings is 1. The zero-order valence-electron chi connectivity index (χ0n) is 8.18. The number of fused-ring (bicyclic) bond motifs is 1. The second kappa shape index (κ2) is 2.91. The Hall–Kier alpha value is -2.17. The number of aromatic nitrogens is 5. The van der Waals surface area contributed by atoms with Crippen LogP contribution in [-0.2, 0) is 7.05 Å². The SMILES string of the molecule is Cn1ccc2ccc(-c3nn[nH]n3)cc21. The van der Waals surface area contributed by atoms with Gasteiger partial charge in [-0.15, -0.1) is 10.2 Å². The van der Waals surface area contributed by atoms with E-state index in [1.807, 2.05) is 19.3 Å². The molecule has 1 N–H and O–H groups in total. The van der Waals surface area contributed by atoms with Crippen LogP contribution in [-0.4, -0.2) is 25.2 Å². The highest BCUT2D eigenvalue weighted by atomic mass is 15.5. The quantitative estimate of drug-likeness (QED) is 0.643. The van der Waals surface area contributed by atoms with Gasteiger partial charge in [-0.2, -0.15) is 5.21 Å². The van der Waals surface area contributed by atoms with Crippen molar-refractivity contribution < 1.29 is 0 Å². The summed E-state index contributed by atoms with van der Waals surface area (Å²) in [5.74, 6) is 0.623. The summed E-state index contributed by atoms with van der Waals surface area (Å²) in [5, 5.41) is 15.1. The second-order valence-corrected chi connectivity index (χ2v) is 3.44. The van der Waals surface area contributed by atoms with Gasteiger partial charge >= 0.3 is 0 Å². The average Bonchev–Trinajstić information content (AvgIpc) is 2.88. The molecule has 5 heteroatoms. The van der Waals surface area contributed by atoms with Crippen LogP contribution in [0.2, 0.25) is 0 Å². The van der Waals surface area contributed by atoms with E-state index in [4.69, 9.17) is 0 Å². The molecule has 2 heterocycles. The van der Waals surface area contributed by atoms with Gasteiger partial charge in [0.15, 0.2) is 0 Å². The number of hydrogen-bond acceptors (Lipinski definition) is 3. The van der Waals surface area contributed by atoms with E-state index < -0.39 is 0 Å². The van der Waals surface area contributed by atoms with Crippen molar-refractivity contribution in [3.63, 3.8) is 0 Å². The Bertz CT molecular complexity index is 593. The Morgan fingerprint density at radius 3 is 3.00 bits per heavy atom. The van der Waals surface area contributed by atoms with Gasteiger partial charge in [0.2, 0.25) is 5.82 Å². The monoisotopic (exact) mass is 199 g/mol. The Labute approximate surface area is 85.7 Å². The first-order chi connectivity index (χ1) is 7.34. The molecule has 0 aliphatic rings. The average molecular weight is 199 g/mol. The van der Waals surface area contributed by atoms with Crippen LogP contribution < -0.4 is 0 Å². The van der Waals surface area contributed by atoms with Crippen LogP contribution in [0.15, 0.2) is 30.5 Å². The first kappa shape index (κ1) is 8.16. The fourth-order valence-corrected chi connectivity index (χ4v) is 1.69. The van der Waals surface area contributed by atoms with Crippen molar-refractivity contribution >= 4 is 10.9 Å². The third-order valence-electron chi connectivity index (χ3n) is 2.49. The summed E-state index contributed by atoms with van der Waals surface area (Å²) in [6.45, 7) is 0. The fourth-order valence-electron chi connectivity index (χ4n) is 1.69. The zero-order valence-corrected chi connectivity index (χ0v) is 8.18. The third-order valence-corrected chi connectivity index (χ3v) is 2.49. The predicted molar refractivity (Wildman–Crippen MR) is 56.1 cm³/mol. The number of aryl methyl sites for hydroxylation is 1. The summed E-state index contributed by atoms with van der Waals surface area (Å²) in [6, 6.07) is 8.18. The number of H-pyrrole nitrogens is 1. The summed E-state index contributed by atoms with van der Waals surface area (Å²) in [7, 11) is 2.02. The highest BCUT2D eigenvalue weighted by molar-refractivity contribution is 5.84. The Morgan fingerprint density at radius 1 is 1.27 bits per heavy atom. The normalized spacial score (nSPS) is 11.0. The number of nitrogens with one attached hydrogen (secondary N) is 1. The Kier molecular flexibility index (Phi) is 1.58. The Morgan fingerprint density at radius 2 is 2.20 bits per heavy atom. The topological polar surface area (TPSA) is 59.4 Å². The molecule has 2 aromatic heterocycles. The first-order valence-electron chi connectivity index (χ1n) is 4.63. The van der Waals surface area contributed by atoms with Gasteiger partial charge < -0.3 is 4.57 Å². The standard InChI is InChI=1S/C10H9N5/c1-15-5-4-7-2-3-8(6-9(7)15)10-11-13-14-12-10/h2-6H,1H3,(H,11,12,13,14). The maximum absolute atomic E-state index is 3.95. The molecule has 0 atom stereocenters. The lowest BCUT2D eigenvalue weighted by Crippen LogP contribution is -1.86. The molecule has 0 fully saturated rings. The van der Waals surface area contributed by atoms with Gasteiger partial charge in [-0.05, 0) is 22.7 Å². The molecular formula is C10H9N5. The zero-order chi connectivity index (χ0) is 10.3. The van der Waals surface area contributed by atoms with E-state index in [2.05, 4.69) is 43.4 Å². The molecule has 1 aromatic carbocycles. The minimum absolute atomic E-state index is 0.623. The van der Waals surface area contributed by atoms with Crippen LogP contribution in [0.1, 0.15) is 0 Å². The van der Waals surface area contributed by atoms with E-state index in [-0.39, 0.29) is 0 Å². The first-order valence-corrected chi connectivity index (χ1v) is 4.63. The van der Waals surface area contributed by atoms with E-state index in [1.54, 1.807) is 0 Å². The number of aromatic amines is 1. The highest BCUT2D eigenvalue weighted by Gasteiger charge is 2.05. The van der Waals surface area contributed by atoms with Crippen LogP contribution in [0.5, 0.6) is 0 Å². The minimum Gasteiger partial charge on any atom is -0.351 e. The molecule has 5 nitrogen and oxygen atoms in total. The van der Waals surface area contributed by atoms with Crippen molar-refractivity contribution in [3.8, 4) is 11.4 Å². The van der Waals surface area contributed by atoms with Gasteiger partial charge in [-0.1, -0.05) is 12.1 Å². The largest absolute Gasteiger partial charge is 0.351 e. The van der Waals surface area contributed by atoms with E-state index in [1.165, 1.54) is 5.39 Å². The molecule has 0 aliphatic carbocycles. The number of rotatable bonds is 1. The lowest BCUT2D eigenvalue weighted by Gasteiger charge is -1.98. The van der Waals surface area contributed by atoms with Crippen LogP contribution in [0.25, 0.3) is 22.3 Å². The van der Waals surface area contributed by atoms with E-state index in [0.29, 0.717) is 5.82 Å². The summed E-state index contributed by atoms with van der Waals surface area (Å²) in [4.78, 5) is 0. The predicted octanol–water partition coefficient (Wildman–Crippen LogP) is 1.36. The van der Waals surface area contributed by atoms with Crippen LogP contribution >= 0.6 is 0 Å². The molecule has 0 saturated carbocycles. The van der Waals surface area contributed by atoms with Crippen molar-refractivity contribution in [2.24, 2.45) is 7.05 Å². The minimum atomic E-state index is 0.623. The molecule has 3 rings (SSSR count). The molecule has 0 aliphatic heterocycles. The summed E-state index contributed by atoms with van der Waals surface area (Å²) < 4.78 is 2.07. The summed E-state index contributed by atoms with van der Waals surface area (Å²) in [6.07, 6.45) is 2.03. The smallest absolute Gasteiger partial charge is 0.204 e. The van der Waals surface area contributed by atoms with Crippen molar-refractivity contribution in [2.75, 3.05) is 0 Å². The van der Waals surface area contributed by atoms with Crippen molar-refractivity contribution in [3.05, 3.63) is 30.5 Å². The van der Waals surface area contributed by atoms with Crippen LogP contribution in [0, 0.1) is 0 Å². The van der Waals surface area contributed by atoms with Gasteiger partial charge in [0, 0.05) is 24.3 Å². The summed E-state index contributed by atoms with van der Waals surface area (Å²) >= 11 is 0. The van der Waals surface area contributed by atoms with E-state index in [0.717, 1.165) is 11.1 Å². The van der Waals surface area contributed by atoms with Gasteiger partial charge in [-0.3, -0.25) is 0 Å². The lowest BCUT2D eigenvalue weighted by molar-refractivity contribution is 0.881.